The molecule has 0 radical (unpaired) electrons. The summed E-state index contributed by atoms with van der Waals surface area (Å²) in [7, 11) is 0. The molecule has 3 heteroatoms. The van der Waals surface area contributed by atoms with Gasteiger partial charge in [0.15, 0.2) is 0 Å². The van der Waals surface area contributed by atoms with E-state index in [1.54, 1.807) is 6.20 Å². The van der Waals surface area contributed by atoms with Crippen molar-refractivity contribution in [1.82, 2.24) is 4.98 Å². The molecule has 1 heterocycles. The maximum absolute atomic E-state index is 5.79. The van der Waals surface area contributed by atoms with Gasteiger partial charge in [0.1, 0.15) is 5.82 Å². The average molecular weight is 269 g/mol. The van der Waals surface area contributed by atoms with E-state index in [4.69, 9.17) is 5.73 Å². The van der Waals surface area contributed by atoms with Gasteiger partial charge in [-0.05, 0) is 74.1 Å². The summed E-state index contributed by atoms with van der Waals surface area (Å²) >= 11 is 0. The molecule has 0 saturated heterocycles. The van der Waals surface area contributed by atoms with Gasteiger partial charge in [0.25, 0.3) is 0 Å². The third-order valence-electron chi connectivity index (χ3n) is 4.12. The standard InChI is InChI=1S/C17H23N3/c1-10-6-11(2)14(5)15(13(10)4)8-19-17-7-12(3)16(18)9-20-17/h6-7,9H,8,18H2,1-5H3,(H,19,20). The van der Waals surface area contributed by atoms with Crippen LogP contribution in [0.5, 0.6) is 0 Å². The molecule has 2 aromatic rings. The van der Waals surface area contributed by atoms with Crippen LogP contribution in [-0.2, 0) is 6.54 Å². The highest BCUT2D eigenvalue weighted by molar-refractivity contribution is 5.52. The molecule has 0 aliphatic rings. The second kappa shape index (κ2) is 5.53. The third-order valence-corrected chi connectivity index (χ3v) is 4.12. The number of benzene rings is 1. The van der Waals surface area contributed by atoms with Gasteiger partial charge in [-0.2, -0.15) is 0 Å². The number of pyridine rings is 1. The van der Waals surface area contributed by atoms with Crippen LogP contribution in [0.25, 0.3) is 0 Å². The van der Waals surface area contributed by atoms with E-state index in [-0.39, 0.29) is 0 Å². The SMILES string of the molecule is Cc1cc(NCc2c(C)c(C)cc(C)c2C)ncc1N. The van der Waals surface area contributed by atoms with Crippen LogP contribution in [-0.4, -0.2) is 4.98 Å². The van der Waals surface area contributed by atoms with Crippen LogP contribution in [0.3, 0.4) is 0 Å². The fourth-order valence-electron chi connectivity index (χ4n) is 2.41. The highest BCUT2D eigenvalue weighted by Crippen LogP contribution is 2.23. The van der Waals surface area contributed by atoms with Crippen molar-refractivity contribution in [2.75, 3.05) is 11.1 Å². The summed E-state index contributed by atoms with van der Waals surface area (Å²) in [6.07, 6.45) is 1.71. The summed E-state index contributed by atoms with van der Waals surface area (Å²) in [5.41, 5.74) is 14.3. The molecule has 0 spiro atoms. The highest BCUT2D eigenvalue weighted by Gasteiger charge is 2.08. The predicted octanol–water partition coefficient (Wildman–Crippen LogP) is 3.82. The van der Waals surface area contributed by atoms with E-state index in [1.807, 2.05) is 13.0 Å². The van der Waals surface area contributed by atoms with Gasteiger partial charge in [0.05, 0.1) is 11.9 Å². The van der Waals surface area contributed by atoms with Crippen LogP contribution >= 0.6 is 0 Å². The van der Waals surface area contributed by atoms with Crippen LogP contribution in [0.2, 0.25) is 0 Å². The van der Waals surface area contributed by atoms with Crippen molar-refractivity contribution in [3.05, 3.63) is 51.7 Å². The average Bonchev–Trinajstić information content (AvgIpc) is 2.40. The van der Waals surface area contributed by atoms with Crippen molar-refractivity contribution < 1.29 is 0 Å². The summed E-state index contributed by atoms with van der Waals surface area (Å²) in [5.74, 6) is 0.870. The fourth-order valence-corrected chi connectivity index (χ4v) is 2.41. The van der Waals surface area contributed by atoms with E-state index in [0.717, 1.165) is 23.6 Å². The second-order valence-electron chi connectivity index (χ2n) is 5.52. The Labute approximate surface area is 121 Å². The van der Waals surface area contributed by atoms with E-state index in [2.05, 4.69) is 44.1 Å². The zero-order chi connectivity index (χ0) is 14.9. The fraction of sp³-hybridized carbons (Fsp3) is 0.353. The normalized spacial score (nSPS) is 10.7. The van der Waals surface area contributed by atoms with Crippen LogP contribution < -0.4 is 11.1 Å². The summed E-state index contributed by atoms with van der Waals surface area (Å²) in [4.78, 5) is 4.32. The molecule has 3 N–H and O–H groups in total. The molecule has 0 atom stereocenters. The van der Waals surface area contributed by atoms with E-state index in [0.29, 0.717) is 0 Å². The molecular weight excluding hydrogens is 246 g/mol. The Balaban J connectivity index is 2.25. The van der Waals surface area contributed by atoms with Gasteiger partial charge in [-0.15, -0.1) is 0 Å². The molecule has 3 nitrogen and oxygen atoms in total. The molecule has 0 fully saturated rings. The Morgan fingerprint density at radius 3 is 2.10 bits per heavy atom. The molecule has 1 aromatic heterocycles. The van der Waals surface area contributed by atoms with Crippen molar-refractivity contribution in [2.45, 2.75) is 41.2 Å². The lowest BCUT2D eigenvalue weighted by molar-refractivity contribution is 1.04. The topological polar surface area (TPSA) is 50.9 Å². The predicted molar refractivity (Wildman–Crippen MR) is 86.1 cm³/mol. The van der Waals surface area contributed by atoms with Crippen LogP contribution in [0.4, 0.5) is 11.5 Å². The molecular formula is C17H23N3. The number of nitrogens with two attached hydrogens (primary N) is 1. The molecule has 0 bridgehead atoms. The van der Waals surface area contributed by atoms with Gasteiger partial charge < -0.3 is 11.1 Å². The van der Waals surface area contributed by atoms with E-state index >= 15 is 0 Å². The van der Waals surface area contributed by atoms with E-state index in [1.165, 1.54) is 27.8 Å². The smallest absolute Gasteiger partial charge is 0.126 e. The summed E-state index contributed by atoms with van der Waals surface area (Å²) < 4.78 is 0. The Morgan fingerprint density at radius 1 is 0.950 bits per heavy atom. The number of hydrogen-bond acceptors (Lipinski definition) is 3. The Morgan fingerprint density at radius 2 is 1.55 bits per heavy atom. The van der Waals surface area contributed by atoms with Crippen LogP contribution in [0.1, 0.15) is 33.4 Å². The van der Waals surface area contributed by atoms with Gasteiger partial charge >= 0.3 is 0 Å². The maximum atomic E-state index is 5.79. The number of nitrogen functional groups attached to an aromatic ring is 1. The van der Waals surface area contributed by atoms with E-state index in [9.17, 15) is 0 Å². The monoisotopic (exact) mass is 269 g/mol. The lowest BCUT2D eigenvalue weighted by atomic mass is 9.94. The Bertz CT molecular complexity index is 619. The minimum atomic E-state index is 0.731. The minimum absolute atomic E-state index is 0.731. The zero-order valence-electron chi connectivity index (χ0n) is 13.0. The molecule has 2 rings (SSSR count). The first-order chi connectivity index (χ1) is 9.40. The number of nitrogens with zero attached hydrogens (tertiary/aromatic N) is 1. The summed E-state index contributed by atoms with van der Waals surface area (Å²) in [6.45, 7) is 11.5. The van der Waals surface area contributed by atoms with Crippen LogP contribution in [0.15, 0.2) is 18.3 Å². The highest BCUT2D eigenvalue weighted by atomic mass is 15.0. The number of aryl methyl sites for hydroxylation is 3. The number of nitrogens with one attached hydrogen (secondary N) is 1. The second-order valence-corrected chi connectivity index (χ2v) is 5.52. The van der Waals surface area contributed by atoms with Gasteiger partial charge in [-0.1, -0.05) is 6.07 Å². The van der Waals surface area contributed by atoms with Crippen molar-refractivity contribution >= 4 is 11.5 Å². The van der Waals surface area contributed by atoms with Crippen molar-refractivity contribution in [2.24, 2.45) is 0 Å². The van der Waals surface area contributed by atoms with Gasteiger partial charge in [-0.25, -0.2) is 4.98 Å². The number of rotatable bonds is 3. The summed E-state index contributed by atoms with van der Waals surface area (Å²) in [6, 6.07) is 4.24. The molecule has 106 valence electrons. The van der Waals surface area contributed by atoms with Crippen molar-refractivity contribution in [1.29, 1.82) is 0 Å². The van der Waals surface area contributed by atoms with Gasteiger partial charge in [0, 0.05) is 6.54 Å². The largest absolute Gasteiger partial charge is 0.397 e. The van der Waals surface area contributed by atoms with Gasteiger partial charge in [0.2, 0.25) is 0 Å². The quantitative estimate of drug-likeness (QED) is 0.890. The maximum Gasteiger partial charge on any atom is 0.126 e. The molecule has 0 aliphatic heterocycles. The lowest BCUT2D eigenvalue weighted by Crippen LogP contribution is -2.07. The van der Waals surface area contributed by atoms with Gasteiger partial charge in [-0.3, -0.25) is 0 Å². The molecule has 0 amide bonds. The third kappa shape index (κ3) is 2.77. The molecule has 20 heavy (non-hydrogen) atoms. The molecule has 0 aliphatic carbocycles. The Hall–Kier alpha value is -2.03. The van der Waals surface area contributed by atoms with Crippen LogP contribution in [0, 0.1) is 34.6 Å². The van der Waals surface area contributed by atoms with Crippen molar-refractivity contribution in [3.63, 3.8) is 0 Å². The first-order valence-corrected chi connectivity index (χ1v) is 6.92. The number of hydrogen-bond donors (Lipinski definition) is 2. The van der Waals surface area contributed by atoms with Crippen molar-refractivity contribution in [3.8, 4) is 0 Å². The zero-order valence-corrected chi connectivity index (χ0v) is 13.0. The Kier molecular flexibility index (Phi) is 3.98. The number of aromatic nitrogens is 1. The first kappa shape index (κ1) is 14.4. The number of anilines is 2. The lowest BCUT2D eigenvalue weighted by Gasteiger charge is -2.16. The minimum Gasteiger partial charge on any atom is -0.397 e. The van der Waals surface area contributed by atoms with E-state index < -0.39 is 0 Å². The molecule has 1 aromatic carbocycles. The molecule has 0 saturated carbocycles. The first-order valence-electron chi connectivity index (χ1n) is 6.92. The molecule has 0 unspecified atom stereocenters. The summed E-state index contributed by atoms with van der Waals surface area (Å²) in [5, 5.41) is 3.40.